The monoisotopic (exact) mass is 224 g/mol. The molecule has 0 saturated heterocycles. The molecule has 0 aromatic heterocycles. The summed E-state index contributed by atoms with van der Waals surface area (Å²) in [6, 6.07) is 7.91. The molecule has 0 unspecified atom stereocenters. The van der Waals surface area contributed by atoms with Crippen LogP contribution in [-0.4, -0.2) is 18.8 Å². The standard InChI is InChI=1S/C11H16N2OS/c1-3-12-11(15)13-8-9-5-4-6-10(7-9)14-2/h4-7H,3,8H2,1-2H3,(H2,12,13,15). The predicted molar refractivity (Wildman–Crippen MR) is 66.1 cm³/mol. The zero-order valence-corrected chi connectivity index (χ0v) is 9.86. The van der Waals surface area contributed by atoms with Gasteiger partial charge in [0, 0.05) is 13.1 Å². The molecule has 0 saturated carbocycles. The van der Waals surface area contributed by atoms with Crippen LogP contribution in [0.25, 0.3) is 0 Å². The van der Waals surface area contributed by atoms with Gasteiger partial charge in [-0.2, -0.15) is 0 Å². The minimum absolute atomic E-state index is 0.681. The van der Waals surface area contributed by atoms with Crippen molar-refractivity contribution in [3.8, 4) is 5.75 Å². The molecule has 0 amide bonds. The molecule has 2 N–H and O–H groups in total. The lowest BCUT2D eigenvalue weighted by molar-refractivity contribution is 0.414. The third-order valence-corrected chi connectivity index (χ3v) is 2.21. The van der Waals surface area contributed by atoms with Crippen molar-refractivity contribution < 1.29 is 4.74 Å². The fourth-order valence-corrected chi connectivity index (χ4v) is 1.40. The van der Waals surface area contributed by atoms with Crippen molar-refractivity contribution in [3.63, 3.8) is 0 Å². The van der Waals surface area contributed by atoms with Gasteiger partial charge in [0.05, 0.1) is 7.11 Å². The van der Waals surface area contributed by atoms with Gasteiger partial charge < -0.3 is 15.4 Å². The van der Waals surface area contributed by atoms with Gasteiger partial charge in [0.25, 0.3) is 0 Å². The molecule has 0 atom stereocenters. The van der Waals surface area contributed by atoms with Gasteiger partial charge >= 0.3 is 0 Å². The van der Waals surface area contributed by atoms with Crippen LogP contribution in [0.15, 0.2) is 24.3 Å². The Bertz CT molecular complexity index is 328. The topological polar surface area (TPSA) is 33.3 Å². The molecule has 0 fully saturated rings. The average Bonchev–Trinajstić information content (AvgIpc) is 2.27. The molecule has 1 aromatic rings. The second-order valence-corrected chi connectivity index (χ2v) is 3.47. The van der Waals surface area contributed by atoms with Crippen LogP contribution in [0.4, 0.5) is 0 Å². The Hall–Kier alpha value is -1.29. The lowest BCUT2D eigenvalue weighted by Crippen LogP contribution is -2.34. The van der Waals surface area contributed by atoms with E-state index in [2.05, 4.69) is 10.6 Å². The van der Waals surface area contributed by atoms with Crippen molar-refractivity contribution in [1.29, 1.82) is 0 Å². The molecule has 0 aliphatic carbocycles. The molecule has 1 aromatic carbocycles. The molecule has 0 spiro atoms. The highest BCUT2D eigenvalue weighted by Crippen LogP contribution is 2.11. The van der Waals surface area contributed by atoms with E-state index in [-0.39, 0.29) is 0 Å². The summed E-state index contributed by atoms with van der Waals surface area (Å²) >= 11 is 5.06. The first kappa shape index (κ1) is 11.8. The van der Waals surface area contributed by atoms with Crippen LogP contribution in [0.3, 0.4) is 0 Å². The van der Waals surface area contributed by atoms with Crippen LogP contribution >= 0.6 is 12.2 Å². The van der Waals surface area contributed by atoms with Crippen molar-refractivity contribution in [1.82, 2.24) is 10.6 Å². The van der Waals surface area contributed by atoms with Crippen LogP contribution in [0, 0.1) is 0 Å². The van der Waals surface area contributed by atoms with Gasteiger partial charge in [-0.15, -0.1) is 0 Å². The molecule has 0 aliphatic heterocycles. The number of methoxy groups -OCH3 is 1. The maximum atomic E-state index is 5.13. The van der Waals surface area contributed by atoms with Gasteiger partial charge in [0.2, 0.25) is 0 Å². The summed E-state index contributed by atoms with van der Waals surface area (Å²) in [5.41, 5.74) is 1.15. The summed E-state index contributed by atoms with van der Waals surface area (Å²) in [4.78, 5) is 0. The predicted octanol–water partition coefficient (Wildman–Crippen LogP) is 1.68. The molecule has 15 heavy (non-hydrogen) atoms. The maximum Gasteiger partial charge on any atom is 0.166 e. The first-order valence-electron chi connectivity index (χ1n) is 4.91. The molecule has 0 bridgehead atoms. The third-order valence-electron chi connectivity index (χ3n) is 1.92. The van der Waals surface area contributed by atoms with E-state index in [0.717, 1.165) is 17.9 Å². The van der Waals surface area contributed by atoms with Gasteiger partial charge in [-0.25, -0.2) is 0 Å². The smallest absolute Gasteiger partial charge is 0.166 e. The first-order valence-corrected chi connectivity index (χ1v) is 5.31. The summed E-state index contributed by atoms with van der Waals surface area (Å²) in [5.74, 6) is 0.865. The first-order chi connectivity index (χ1) is 7.26. The van der Waals surface area contributed by atoms with Crippen LogP contribution < -0.4 is 15.4 Å². The molecule has 82 valence electrons. The number of hydrogen-bond acceptors (Lipinski definition) is 2. The Morgan fingerprint density at radius 1 is 1.40 bits per heavy atom. The number of thiocarbonyl (C=S) groups is 1. The lowest BCUT2D eigenvalue weighted by atomic mass is 10.2. The van der Waals surface area contributed by atoms with E-state index in [0.29, 0.717) is 11.7 Å². The second-order valence-electron chi connectivity index (χ2n) is 3.06. The minimum Gasteiger partial charge on any atom is -0.497 e. The number of ether oxygens (including phenoxy) is 1. The zero-order chi connectivity index (χ0) is 11.1. The number of hydrogen-bond donors (Lipinski definition) is 2. The summed E-state index contributed by atoms with van der Waals surface area (Å²) in [6.45, 7) is 3.56. The van der Waals surface area contributed by atoms with Crippen LogP contribution in [-0.2, 0) is 6.54 Å². The molecule has 0 heterocycles. The van der Waals surface area contributed by atoms with Crippen LogP contribution in [0.2, 0.25) is 0 Å². The minimum atomic E-state index is 0.681. The van der Waals surface area contributed by atoms with E-state index in [9.17, 15) is 0 Å². The molecule has 0 aliphatic rings. The third kappa shape index (κ3) is 4.16. The van der Waals surface area contributed by atoms with Crippen molar-refractivity contribution >= 4 is 17.3 Å². The van der Waals surface area contributed by atoms with Gasteiger partial charge in [-0.3, -0.25) is 0 Å². The summed E-state index contributed by atoms with van der Waals surface area (Å²) in [7, 11) is 1.66. The van der Waals surface area contributed by atoms with E-state index < -0.39 is 0 Å². The lowest BCUT2D eigenvalue weighted by Gasteiger charge is -2.09. The van der Waals surface area contributed by atoms with Gasteiger partial charge in [-0.05, 0) is 36.8 Å². The van der Waals surface area contributed by atoms with Crippen LogP contribution in [0.5, 0.6) is 5.75 Å². The summed E-state index contributed by atoms with van der Waals surface area (Å²) in [5, 5.41) is 6.83. The SMILES string of the molecule is CCNC(=S)NCc1cccc(OC)c1. The van der Waals surface area contributed by atoms with Crippen LogP contribution in [0.1, 0.15) is 12.5 Å². The largest absolute Gasteiger partial charge is 0.497 e. The molecular formula is C11H16N2OS. The van der Waals surface area contributed by atoms with E-state index in [4.69, 9.17) is 17.0 Å². The quantitative estimate of drug-likeness (QED) is 0.762. The normalized spacial score (nSPS) is 9.47. The molecule has 4 heteroatoms. The van der Waals surface area contributed by atoms with E-state index in [1.807, 2.05) is 31.2 Å². The fourth-order valence-electron chi connectivity index (χ4n) is 1.19. The zero-order valence-electron chi connectivity index (χ0n) is 9.04. The Morgan fingerprint density at radius 2 is 2.20 bits per heavy atom. The average molecular weight is 224 g/mol. The number of rotatable bonds is 4. The van der Waals surface area contributed by atoms with Gasteiger partial charge in [-0.1, -0.05) is 12.1 Å². The Kier molecular flexibility index (Phi) is 4.90. The highest BCUT2D eigenvalue weighted by molar-refractivity contribution is 7.80. The molecular weight excluding hydrogens is 208 g/mol. The van der Waals surface area contributed by atoms with Gasteiger partial charge in [0.15, 0.2) is 5.11 Å². The Labute approximate surface area is 95.8 Å². The van der Waals surface area contributed by atoms with E-state index in [1.54, 1.807) is 7.11 Å². The second kappa shape index (κ2) is 6.24. The molecule has 1 rings (SSSR count). The summed E-state index contributed by atoms with van der Waals surface area (Å²) in [6.07, 6.45) is 0. The molecule has 3 nitrogen and oxygen atoms in total. The maximum absolute atomic E-state index is 5.13. The summed E-state index contributed by atoms with van der Waals surface area (Å²) < 4.78 is 5.13. The Balaban J connectivity index is 2.46. The highest BCUT2D eigenvalue weighted by atomic mass is 32.1. The van der Waals surface area contributed by atoms with Crippen molar-refractivity contribution in [2.75, 3.05) is 13.7 Å². The van der Waals surface area contributed by atoms with Crippen molar-refractivity contribution in [2.24, 2.45) is 0 Å². The highest BCUT2D eigenvalue weighted by Gasteiger charge is 1.96. The van der Waals surface area contributed by atoms with E-state index >= 15 is 0 Å². The molecule has 0 radical (unpaired) electrons. The Morgan fingerprint density at radius 3 is 2.87 bits per heavy atom. The van der Waals surface area contributed by atoms with Crippen molar-refractivity contribution in [2.45, 2.75) is 13.5 Å². The van der Waals surface area contributed by atoms with Gasteiger partial charge in [0.1, 0.15) is 5.75 Å². The fraction of sp³-hybridized carbons (Fsp3) is 0.364. The van der Waals surface area contributed by atoms with Crippen molar-refractivity contribution in [3.05, 3.63) is 29.8 Å². The number of nitrogens with one attached hydrogen (secondary N) is 2. The van der Waals surface area contributed by atoms with E-state index in [1.165, 1.54) is 0 Å². The number of benzene rings is 1.